The third kappa shape index (κ3) is 4.04. The van der Waals surface area contributed by atoms with Crippen LogP contribution in [0.4, 0.5) is 0 Å². The second kappa shape index (κ2) is 6.14. The van der Waals surface area contributed by atoms with Gasteiger partial charge in [-0.05, 0) is 34.1 Å². The SMILES string of the molecule is CC(C)C(=O)NNS(=O)(=O)c1cc(Br)ccc1Br. The summed E-state index contributed by atoms with van der Waals surface area (Å²) in [4.78, 5) is 13.4. The third-order valence-corrected chi connectivity index (χ3v) is 4.75. The Morgan fingerprint density at radius 1 is 1.28 bits per heavy atom. The molecule has 5 nitrogen and oxygen atoms in total. The molecule has 1 aromatic rings. The van der Waals surface area contributed by atoms with Crippen molar-refractivity contribution in [2.45, 2.75) is 18.7 Å². The number of carbonyl (C=O) groups is 1. The van der Waals surface area contributed by atoms with Gasteiger partial charge in [-0.25, -0.2) is 8.42 Å². The Hall–Kier alpha value is -0.440. The van der Waals surface area contributed by atoms with E-state index < -0.39 is 15.9 Å². The van der Waals surface area contributed by atoms with Gasteiger partial charge in [0.25, 0.3) is 10.0 Å². The lowest BCUT2D eigenvalue weighted by molar-refractivity contribution is -0.124. The summed E-state index contributed by atoms with van der Waals surface area (Å²) in [5.41, 5.74) is 2.15. The van der Waals surface area contributed by atoms with Gasteiger partial charge in [-0.1, -0.05) is 29.8 Å². The van der Waals surface area contributed by atoms with Crippen molar-refractivity contribution in [3.63, 3.8) is 0 Å². The molecule has 0 heterocycles. The van der Waals surface area contributed by atoms with Gasteiger partial charge in [-0.2, -0.15) is 0 Å². The van der Waals surface area contributed by atoms with Crippen LogP contribution < -0.4 is 10.3 Å². The number of sulfonamides is 1. The predicted octanol–water partition coefficient (Wildman–Crippen LogP) is 2.18. The van der Waals surface area contributed by atoms with E-state index in [4.69, 9.17) is 0 Å². The number of hydrogen-bond acceptors (Lipinski definition) is 3. The molecule has 0 radical (unpaired) electrons. The second-order valence-electron chi connectivity index (χ2n) is 3.82. The van der Waals surface area contributed by atoms with Crippen LogP contribution in [0.2, 0.25) is 0 Å². The lowest BCUT2D eigenvalue weighted by Crippen LogP contribution is -2.43. The van der Waals surface area contributed by atoms with Gasteiger partial charge in [0.15, 0.2) is 0 Å². The average Bonchev–Trinajstić information content (AvgIpc) is 2.29. The van der Waals surface area contributed by atoms with Gasteiger partial charge in [0.1, 0.15) is 0 Å². The highest BCUT2D eigenvalue weighted by Gasteiger charge is 2.19. The number of halogens is 2. The van der Waals surface area contributed by atoms with E-state index in [1.54, 1.807) is 26.0 Å². The number of amides is 1. The molecule has 2 N–H and O–H groups in total. The van der Waals surface area contributed by atoms with Crippen molar-refractivity contribution in [3.05, 3.63) is 27.1 Å². The summed E-state index contributed by atoms with van der Waals surface area (Å²) in [5.74, 6) is -0.705. The minimum absolute atomic E-state index is 0.0425. The summed E-state index contributed by atoms with van der Waals surface area (Å²) in [6.45, 7) is 3.33. The Morgan fingerprint density at radius 2 is 1.89 bits per heavy atom. The number of benzene rings is 1. The van der Waals surface area contributed by atoms with Crippen molar-refractivity contribution in [1.82, 2.24) is 10.3 Å². The average molecular weight is 400 g/mol. The van der Waals surface area contributed by atoms with E-state index in [0.29, 0.717) is 8.95 Å². The predicted molar refractivity (Wildman–Crippen MR) is 75.1 cm³/mol. The lowest BCUT2D eigenvalue weighted by Gasteiger charge is -2.11. The van der Waals surface area contributed by atoms with Gasteiger partial charge < -0.3 is 0 Å². The zero-order valence-electron chi connectivity index (χ0n) is 9.70. The molecule has 0 unspecified atom stereocenters. The highest BCUT2D eigenvalue weighted by Crippen LogP contribution is 2.25. The molecule has 0 bridgehead atoms. The van der Waals surface area contributed by atoms with Gasteiger partial charge in [0.05, 0.1) is 4.90 Å². The Kier molecular flexibility index (Phi) is 5.32. The van der Waals surface area contributed by atoms with Crippen molar-refractivity contribution in [3.8, 4) is 0 Å². The molecule has 8 heteroatoms. The molecule has 0 atom stereocenters. The molecule has 1 aromatic carbocycles. The fraction of sp³-hybridized carbons (Fsp3) is 0.300. The van der Waals surface area contributed by atoms with Gasteiger partial charge in [0.2, 0.25) is 5.91 Å². The zero-order chi connectivity index (χ0) is 13.9. The molecule has 0 aliphatic rings. The van der Waals surface area contributed by atoms with Crippen LogP contribution in [0.15, 0.2) is 32.0 Å². The first-order chi connectivity index (χ1) is 8.24. The third-order valence-electron chi connectivity index (χ3n) is 2.02. The lowest BCUT2D eigenvalue weighted by atomic mass is 10.2. The van der Waals surface area contributed by atoms with Gasteiger partial charge in [-0.15, -0.1) is 4.83 Å². The fourth-order valence-electron chi connectivity index (χ4n) is 1.000. The Morgan fingerprint density at radius 3 is 2.44 bits per heavy atom. The number of carbonyl (C=O) groups excluding carboxylic acids is 1. The highest BCUT2D eigenvalue weighted by molar-refractivity contribution is 9.11. The minimum Gasteiger partial charge on any atom is -0.277 e. The van der Waals surface area contributed by atoms with E-state index in [9.17, 15) is 13.2 Å². The topological polar surface area (TPSA) is 75.3 Å². The Labute approximate surface area is 123 Å². The maximum atomic E-state index is 12.0. The zero-order valence-corrected chi connectivity index (χ0v) is 13.7. The monoisotopic (exact) mass is 398 g/mol. The Balaban J connectivity index is 2.93. The van der Waals surface area contributed by atoms with E-state index in [2.05, 4.69) is 37.3 Å². The van der Waals surface area contributed by atoms with E-state index in [-0.39, 0.29) is 10.8 Å². The first-order valence-corrected chi connectivity index (χ1v) is 8.07. The van der Waals surface area contributed by atoms with Crippen LogP contribution >= 0.6 is 31.9 Å². The summed E-state index contributed by atoms with van der Waals surface area (Å²) >= 11 is 6.34. The standard InChI is InChI=1S/C10H12Br2N2O3S/c1-6(2)10(15)13-14-18(16,17)9-5-7(11)3-4-8(9)12/h3-6,14H,1-2H3,(H,13,15). The van der Waals surface area contributed by atoms with E-state index in [1.165, 1.54) is 6.07 Å². The molecule has 1 rings (SSSR count). The second-order valence-corrected chi connectivity index (χ2v) is 7.25. The molecule has 0 fully saturated rings. The summed E-state index contributed by atoms with van der Waals surface area (Å²) in [7, 11) is -3.80. The molecular weight excluding hydrogens is 388 g/mol. The summed E-state index contributed by atoms with van der Waals surface area (Å²) in [6.07, 6.45) is 0. The quantitative estimate of drug-likeness (QED) is 0.762. The first-order valence-electron chi connectivity index (χ1n) is 5.01. The Bertz CT molecular complexity index is 558. The van der Waals surface area contributed by atoms with Crippen molar-refractivity contribution >= 4 is 47.8 Å². The van der Waals surface area contributed by atoms with E-state index in [1.807, 2.05) is 4.83 Å². The molecule has 0 aromatic heterocycles. The van der Waals surface area contributed by atoms with Gasteiger partial charge in [-0.3, -0.25) is 10.2 Å². The number of nitrogens with one attached hydrogen (secondary N) is 2. The molecule has 1 amide bonds. The molecule has 0 aliphatic carbocycles. The summed E-state index contributed by atoms with van der Waals surface area (Å²) < 4.78 is 25.0. The van der Waals surface area contributed by atoms with Crippen LogP contribution in [-0.2, 0) is 14.8 Å². The largest absolute Gasteiger partial charge is 0.277 e. The van der Waals surface area contributed by atoms with Crippen molar-refractivity contribution in [2.75, 3.05) is 0 Å². The van der Waals surface area contributed by atoms with Crippen LogP contribution in [-0.4, -0.2) is 14.3 Å². The van der Waals surface area contributed by atoms with Crippen molar-refractivity contribution in [1.29, 1.82) is 0 Å². The fourth-order valence-corrected chi connectivity index (χ4v) is 3.35. The summed E-state index contributed by atoms with van der Waals surface area (Å²) in [6, 6.07) is 4.74. The van der Waals surface area contributed by atoms with Crippen LogP contribution in [0.1, 0.15) is 13.8 Å². The highest BCUT2D eigenvalue weighted by atomic mass is 79.9. The number of rotatable bonds is 4. The van der Waals surface area contributed by atoms with Gasteiger partial charge >= 0.3 is 0 Å². The smallest absolute Gasteiger partial charge is 0.258 e. The molecule has 0 saturated carbocycles. The van der Waals surface area contributed by atoms with Crippen LogP contribution in [0, 0.1) is 5.92 Å². The molecule has 18 heavy (non-hydrogen) atoms. The molecule has 100 valence electrons. The van der Waals surface area contributed by atoms with Crippen molar-refractivity contribution < 1.29 is 13.2 Å². The molecule has 0 saturated heterocycles. The molecule has 0 spiro atoms. The van der Waals surface area contributed by atoms with Crippen LogP contribution in [0.3, 0.4) is 0 Å². The number of hydrogen-bond donors (Lipinski definition) is 2. The van der Waals surface area contributed by atoms with Crippen LogP contribution in [0.25, 0.3) is 0 Å². The van der Waals surface area contributed by atoms with E-state index in [0.717, 1.165) is 0 Å². The normalized spacial score (nSPS) is 11.6. The van der Waals surface area contributed by atoms with Crippen molar-refractivity contribution in [2.24, 2.45) is 5.92 Å². The maximum absolute atomic E-state index is 12.0. The van der Waals surface area contributed by atoms with E-state index >= 15 is 0 Å². The maximum Gasteiger partial charge on any atom is 0.258 e. The summed E-state index contributed by atoms with van der Waals surface area (Å²) in [5, 5.41) is 0. The molecule has 0 aliphatic heterocycles. The molecular formula is C10H12Br2N2O3S. The first kappa shape index (κ1) is 15.6. The van der Waals surface area contributed by atoms with Gasteiger partial charge in [0, 0.05) is 14.9 Å². The minimum atomic E-state index is -3.80. The van der Waals surface area contributed by atoms with Crippen LogP contribution in [0.5, 0.6) is 0 Å². The number of hydrazine groups is 1.